The lowest BCUT2D eigenvalue weighted by molar-refractivity contribution is 0.475. The van der Waals surface area contributed by atoms with E-state index < -0.39 is 0 Å². The van der Waals surface area contributed by atoms with E-state index in [1.54, 1.807) is 98.8 Å². The lowest BCUT2D eigenvalue weighted by atomic mass is 10.1. The highest BCUT2D eigenvalue weighted by atomic mass is 16.3. The summed E-state index contributed by atoms with van der Waals surface area (Å²) in [4.78, 5) is 25.7. The molecule has 14 heteroatoms. The van der Waals surface area contributed by atoms with Gasteiger partial charge in [-0.1, -0.05) is 36.4 Å². The summed E-state index contributed by atoms with van der Waals surface area (Å²) >= 11 is 0. The molecule has 7 aromatic rings. The van der Waals surface area contributed by atoms with Crippen LogP contribution in [0.4, 0.5) is 46.5 Å². The molecule has 7 rings (SSSR count). The van der Waals surface area contributed by atoms with Crippen LogP contribution in [-0.2, 0) is 0 Å². The molecule has 250 valence electrons. The van der Waals surface area contributed by atoms with Crippen molar-refractivity contribution < 1.29 is 20.4 Å². The van der Waals surface area contributed by atoms with Gasteiger partial charge in [0, 0.05) is 45.7 Å². The number of phenols is 4. The predicted octanol–water partition coefficient (Wildman–Crippen LogP) is 7.31. The number of aryl methyl sites for hydroxylation is 2. The van der Waals surface area contributed by atoms with Crippen LogP contribution in [0.25, 0.3) is 10.8 Å². The minimum atomic E-state index is 0.152. The first kappa shape index (κ1) is 32.7. The number of hydrogen-bond donors (Lipinski definition) is 8. The number of aromatic nitrogens is 6. The van der Waals surface area contributed by atoms with E-state index in [0.29, 0.717) is 46.8 Å². The lowest BCUT2D eigenvalue weighted by Crippen LogP contribution is -2.05. The highest BCUT2D eigenvalue weighted by Crippen LogP contribution is 2.32. The van der Waals surface area contributed by atoms with E-state index in [-0.39, 0.29) is 23.0 Å². The van der Waals surface area contributed by atoms with Crippen LogP contribution in [0.5, 0.6) is 23.0 Å². The summed E-state index contributed by atoms with van der Waals surface area (Å²) in [6.45, 7) is 3.53. The minimum Gasteiger partial charge on any atom is -0.508 e. The van der Waals surface area contributed by atoms with Crippen LogP contribution in [0, 0.1) is 13.8 Å². The number of aromatic hydroxyl groups is 4. The first-order valence-electron chi connectivity index (χ1n) is 15.3. The molecule has 0 atom stereocenters. The third kappa shape index (κ3) is 8.57. The molecule has 50 heavy (non-hydrogen) atoms. The topological polar surface area (TPSA) is 206 Å². The molecular weight excluding hydrogens is 636 g/mol. The van der Waals surface area contributed by atoms with E-state index in [0.717, 1.165) is 22.1 Å². The van der Waals surface area contributed by atoms with E-state index in [1.807, 2.05) is 24.3 Å². The van der Waals surface area contributed by atoms with Gasteiger partial charge in [0.05, 0.1) is 0 Å². The Morgan fingerprint density at radius 2 is 0.880 bits per heavy atom. The largest absolute Gasteiger partial charge is 0.508 e. The number of hydrogen-bond acceptors (Lipinski definition) is 14. The second-order valence-corrected chi connectivity index (χ2v) is 10.9. The Morgan fingerprint density at radius 1 is 0.400 bits per heavy atom. The van der Waals surface area contributed by atoms with Crippen LogP contribution in [0.1, 0.15) is 11.6 Å². The Kier molecular flexibility index (Phi) is 9.61. The van der Waals surface area contributed by atoms with Gasteiger partial charge in [0.15, 0.2) is 0 Å². The van der Waals surface area contributed by atoms with Crippen LogP contribution in [0.15, 0.2) is 109 Å². The molecule has 0 aliphatic rings. The summed E-state index contributed by atoms with van der Waals surface area (Å²) < 4.78 is 0. The number of nitrogens with zero attached hydrogens (tertiary/aromatic N) is 6. The zero-order chi connectivity index (χ0) is 35.0. The van der Waals surface area contributed by atoms with E-state index in [4.69, 9.17) is 0 Å². The lowest BCUT2D eigenvalue weighted by Gasteiger charge is -2.11. The van der Waals surface area contributed by atoms with Crippen molar-refractivity contribution in [1.82, 2.24) is 29.9 Å². The van der Waals surface area contributed by atoms with Gasteiger partial charge in [-0.3, -0.25) is 0 Å². The van der Waals surface area contributed by atoms with E-state index >= 15 is 0 Å². The summed E-state index contributed by atoms with van der Waals surface area (Å²) in [7, 11) is 0. The molecule has 0 radical (unpaired) electrons. The molecule has 0 unspecified atom stereocenters. The van der Waals surface area contributed by atoms with Crippen LogP contribution in [0.2, 0.25) is 0 Å². The highest BCUT2D eigenvalue weighted by molar-refractivity contribution is 5.98. The Hall–Kier alpha value is -7.22. The molecule has 14 nitrogen and oxygen atoms in total. The quantitative estimate of drug-likeness (QED) is 0.0748. The molecule has 0 amide bonds. The molecule has 2 heterocycles. The van der Waals surface area contributed by atoms with E-state index in [9.17, 15) is 20.4 Å². The maximum Gasteiger partial charge on any atom is 0.232 e. The number of fused-ring (bicyclic) bond motifs is 1. The van der Waals surface area contributed by atoms with Crippen molar-refractivity contribution in [1.29, 1.82) is 0 Å². The minimum absolute atomic E-state index is 0.152. The standard InChI is InChI=1S/C20H17N5O2.C16H15N5O2/c1-12-21-19(23-13-5-4-6-14(26)11-13)25-20(22-12)24-17-9-10-18(27)16-8-3-2-7-15(16)17;1-10-17-15(19-11-5-7-13(22)8-6-11)21-16(18-10)20-12-3-2-4-14(23)9-12/h2-11,26-27H,1H3,(H2,21,22,23,24,25);2-9,22-23H,1H3,(H2,17,18,19,20,21). The molecule has 0 fully saturated rings. The fourth-order valence-electron chi connectivity index (χ4n) is 4.80. The molecule has 0 bridgehead atoms. The fourth-order valence-corrected chi connectivity index (χ4v) is 4.80. The molecule has 0 saturated heterocycles. The van der Waals surface area contributed by atoms with Gasteiger partial charge >= 0.3 is 0 Å². The van der Waals surface area contributed by atoms with Gasteiger partial charge in [-0.05, 0) is 74.5 Å². The smallest absolute Gasteiger partial charge is 0.232 e. The summed E-state index contributed by atoms with van der Waals surface area (Å²) in [6, 6.07) is 30.9. The van der Waals surface area contributed by atoms with Gasteiger partial charge in [-0.2, -0.15) is 29.9 Å². The zero-order valence-corrected chi connectivity index (χ0v) is 26.9. The Bertz CT molecular complexity index is 2270. The Morgan fingerprint density at radius 3 is 1.40 bits per heavy atom. The van der Waals surface area contributed by atoms with E-state index in [1.165, 1.54) is 0 Å². The maximum atomic E-state index is 10.0. The predicted molar refractivity (Wildman–Crippen MR) is 192 cm³/mol. The van der Waals surface area contributed by atoms with Crippen molar-refractivity contribution in [3.63, 3.8) is 0 Å². The molecule has 5 aromatic carbocycles. The third-order valence-electron chi connectivity index (χ3n) is 6.97. The molecule has 2 aromatic heterocycles. The number of nitrogens with one attached hydrogen (secondary N) is 4. The van der Waals surface area contributed by atoms with Gasteiger partial charge in [0.25, 0.3) is 0 Å². The summed E-state index contributed by atoms with van der Waals surface area (Å²) in [5.41, 5.74) is 2.86. The van der Waals surface area contributed by atoms with Crippen molar-refractivity contribution >= 4 is 57.3 Å². The van der Waals surface area contributed by atoms with E-state index in [2.05, 4.69) is 51.2 Å². The number of anilines is 8. The monoisotopic (exact) mass is 668 g/mol. The van der Waals surface area contributed by atoms with Gasteiger partial charge < -0.3 is 41.7 Å². The Labute approximate surface area is 286 Å². The second-order valence-electron chi connectivity index (χ2n) is 10.9. The third-order valence-corrected chi connectivity index (χ3v) is 6.97. The summed E-state index contributed by atoms with van der Waals surface area (Å²) in [5.74, 6) is 3.28. The second kappa shape index (κ2) is 14.7. The molecule has 0 aliphatic carbocycles. The van der Waals surface area contributed by atoms with Crippen molar-refractivity contribution in [3.8, 4) is 23.0 Å². The van der Waals surface area contributed by atoms with Gasteiger partial charge in [-0.15, -0.1) is 0 Å². The average Bonchev–Trinajstić information content (AvgIpc) is 3.07. The number of benzene rings is 5. The Balaban J connectivity index is 0.000000175. The number of rotatable bonds is 8. The highest BCUT2D eigenvalue weighted by Gasteiger charge is 2.10. The molecular formula is C36H32N10O4. The van der Waals surface area contributed by atoms with Crippen molar-refractivity contribution in [2.75, 3.05) is 21.3 Å². The van der Waals surface area contributed by atoms with Crippen LogP contribution in [0.3, 0.4) is 0 Å². The number of phenolic OH excluding ortho intramolecular Hbond substituents is 4. The van der Waals surface area contributed by atoms with Crippen LogP contribution >= 0.6 is 0 Å². The molecule has 0 aliphatic heterocycles. The molecule has 0 saturated carbocycles. The normalized spacial score (nSPS) is 10.5. The van der Waals surface area contributed by atoms with Crippen molar-refractivity contribution in [2.45, 2.75) is 13.8 Å². The molecule has 0 spiro atoms. The SMILES string of the molecule is Cc1nc(Nc2ccc(O)cc2)nc(Nc2cccc(O)c2)n1.Cc1nc(Nc2cccc(O)c2)nc(Nc2ccc(O)c3ccccc23)n1. The van der Waals surface area contributed by atoms with Gasteiger partial charge in [0.2, 0.25) is 23.8 Å². The van der Waals surface area contributed by atoms with Crippen LogP contribution < -0.4 is 21.3 Å². The van der Waals surface area contributed by atoms with Gasteiger partial charge in [0.1, 0.15) is 34.6 Å². The first-order chi connectivity index (χ1) is 24.2. The van der Waals surface area contributed by atoms with Crippen LogP contribution in [-0.4, -0.2) is 50.3 Å². The average molecular weight is 669 g/mol. The molecule has 8 N–H and O–H groups in total. The maximum absolute atomic E-state index is 10.0. The fraction of sp³-hybridized carbons (Fsp3) is 0.0556. The van der Waals surface area contributed by atoms with Crippen molar-refractivity contribution in [2.24, 2.45) is 0 Å². The summed E-state index contributed by atoms with van der Waals surface area (Å²) in [6.07, 6.45) is 0. The van der Waals surface area contributed by atoms with Gasteiger partial charge in [-0.25, -0.2) is 0 Å². The zero-order valence-electron chi connectivity index (χ0n) is 26.9. The first-order valence-corrected chi connectivity index (χ1v) is 15.3. The van der Waals surface area contributed by atoms with Crippen molar-refractivity contribution in [3.05, 3.63) is 121 Å². The summed E-state index contributed by atoms with van der Waals surface area (Å²) in [5, 5.41) is 52.3.